The molecule has 1 unspecified atom stereocenters. The van der Waals surface area contributed by atoms with Crippen molar-refractivity contribution >= 4 is 68.9 Å². The zero-order valence-corrected chi connectivity index (χ0v) is 28.8. The Kier molecular flexibility index (Phi) is 10.7. The summed E-state index contributed by atoms with van der Waals surface area (Å²) in [7, 11) is 0. The molecule has 1 N–H and O–H groups in total. The zero-order chi connectivity index (χ0) is 33.6. The van der Waals surface area contributed by atoms with Gasteiger partial charge in [-0.05, 0) is 71.6 Å². The fourth-order valence-electron chi connectivity index (χ4n) is 5.08. The number of hydrogen-bond acceptors (Lipinski definition) is 9. The first-order valence-corrected chi connectivity index (χ1v) is 17.6. The molecule has 4 aromatic carbocycles. The lowest BCUT2D eigenvalue weighted by Crippen LogP contribution is -2.29. The van der Waals surface area contributed by atoms with E-state index >= 15 is 0 Å². The number of ketones is 1. The molecule has 0 bridgehead atoms. The average Bonchev–Trinajstić information content (AvgIpc) is 3.68. The van der Waals surface area contributed by atoms with Crippen LogP contribution >= 0.6 is 46.3 Å². The number of aromatic nitrogens is 2. The van der Waals surface area contributed by atoms with Crippen LogP contribution in [0.4, 0.5) is 5.13 Å². The minimum absolute atomic E-state index is 0.0696. The predicted octanol–water partition coefficient (Wildman–Crippen LogP) is 9.13. The first-order chi connectivity index (χ1) is 23.3. The van der Waals surface area contributed by atoms with E-state index in [2.05, 4.69) is 10.2 Å². The molecule has 6 rings (SSSR count). The summed E-state index contributed by atoms with van der Waals surface area (Å²) in [6.07, 6.45) is 0.847. The highest BCUT2D eigenvalue weighted by atomic mass is 35.5. The fourth-order valence-corrected chi connectivity index (χ4v) is 7.51. The van der Waals surface area contributed by atoms with Gasteiger partial charge in [0.15, 0.2) is 4.34 Å². The maximum Gasteiger partial charge on any atom is 0.301 e. The van der Waals surface area contributed by atoms with Crippen LogP contribution in [0, 0.1) is 0 Å². The molecule has 2 heterocycles. The summed E-state index contributed by atoms with van der Waals surface area (Å²) in [6.45, 7) is 2.88. The molecule has 0 saturated carbocycles. The van der Waals surface area contributed by atoms with Crippen LogP contribution in [0.15, 0.2) is 107 Å². The number of benzene rings is 4. The molecule has 244 valence electrons. The molecule has 1 saturated heterocycles. The van der Waals surface area contributed by atoms with Crippen LogP contribution in [-0.2, 0) is 21.9 Å². The van der Waals surface area contributed by atoms with E-state index in [1.54, 1.807) is 60.7 Å². The Morgan fingerprint density at radius 3 is 2.46 bits per heavy atom. The van der Waals surface area contributed by atoms with Gasteiger partial charge in [0.2, 0.25) is 5.13 Å². The van der Waals surface area contributed by atoms with Gasteiger partial charge in [-0.2, -0.15) is 0 Å². The van der Waals surface area contributed by atoms with Crippen LogP contribution in [0.1, 0.15) is 41.6 Å². The number of aliphatic hydroxyl groups excluding tert-OH is 1. The lowest BCUT2D eigenvalue weighted by Gasteiger charge is -2.23. The van der Waals surface area contributed by atoms with Crippen LogP contribution in [0.2, 0.25) is 10.0 Å². The minimum Gasteiger partial charge on any atom is -0.507 e. The number of anilines is 1. The quantitative estimate of drug-likeness (QED) is 0.0448. The summed E-state index contributed by atoms with van der Waals surface area (Å²) in [5, 5.41) is 21.5. The molecule has 1 atom stereocenters. The van der Waals surface area contributed by atoms with Gasteiger partial charge in [-0.3, -0.25) is 14.5 Å². The molecular weight excluding hydrogens is 689 g/mol. The van der Waals surface area contributed by atoms with Crippen LogP contribution < -0.4 is 14.4 Å². The molecular formula is C36H29Cl2N3O5S2. The van der Waals surface area contributed by atoms with Crippen LogP contribution in [0.5, 0.6) is 11.5 Å². The van der Waals surface area contributed by atoms with Crippen molar-refractivity contribution in [1.29, 1.82) is 0 Å². The Morgan fingerprint density at radius 2 is 1.71 bits per heavy atom. The number of amides is 1. The Balaban J connectivity index is 1.35. The van der Waals surface area contributed by atoms with E-state index in [-0.39, 0.29) is 16.5 Å². The van der Waals surface area contributed by atoms with Crippen molar-refractivity contribution in [2.24, 2.45) is 0 Å². The van der Waals surface area contributed by atoms with E-state index in [1.165, 1.54) is 28.0 Å². The van der Waals surface area contributed by atoms with Gasteiger partial charge in [0.05, 0.1) is 18.2 Å². The van der Waals surface area contributed by atoms with Crippen molar-refractivity contribution in [1.82, 2.24) is 10.2 Å². The SMILES string of the molecule is CCCOc1ccc(C(O)=C2C(=O)C(=O)N(c3nnc(SCc4ccc(Cl)cc4Cl)s3)C2c2cccc(OCc3ccccc3)c2)cc1. The largest absolute Gasteiger partial charge is 0.507 e. The first-order valence-electron chi connectivity index (χ1n) is 15.0. The van der Waals surface area contributed by atoms with Crippen LogP contribution in [0.3, 0.4) is 0 Å². The fraction of sp³-hybridized carbons (Fsp3) is 0.167. The second-order valence-corrected chi connectivity index (χ2v) is 13.8. The molecule has 8 nitrogen and oxygen atoms in total. The summed E-state index contributed by atoms with van der Waals surface area (Å²) in [4.78, 5) is 28.8. The van der Waals surface area contributed by atoms with Gasteiger partial charge < -0.3 is 14.6 Å². The van der Waals surface area contributed by atoms with Gasteiger partial charge >= 0.3 is 5.91 Å². The average molecular weight is 719 g/mol. The lowest BCUT2D eigenvalue weighted by molar-refractivity contribution is -0.132. The monoisotopic (exact) mass is 717 g/mol. The molecule has 5 aromatic rings. The molecule has 1 amide bonds. The number of halogens is 2. The maximum atomic E-state index is 13.8. The first kappa shape index (κ1) is 33.5. The third kappa shape index (κ3) is 7.52. The third-order valence-corrected chi connectivity index (χ3v) is 10.1. The van der Waals surface area contributed by atoms with E-state index < -0.39 is 17.7 Å². The molecule has 1 aliphatic heterocycles. The third-order valence-electron chi connectivity index (χ3n) is 7.44. The van der Waals surface area contributed by atoms with Gasteiger partial charge in [0.1, 0.15) is 23.9 Å². The number of hydrogen-bond donors (Lipinski definition) is 1. The Hall–Kier alpha value is -4.35. The van der Waals surface area contributed by atoms with Gasteiger partial charge in [-0.15, -0.1) is 10.2 Å². The smallest absolute Gasteiger partial charge is 0.301 e. The Labute approximate surface area is 295 Å². The highest BCUT2D eigenvalue weighted by molar-refractivity contribution is 8.00. The van der Waals surface area contributed by atoms with E-state index in [4.69, 9.17) is 32.7 Å². The number of Topliss-reactive ketones (excluding diaryl/α,β-unsaturated/α-hetero) is 1. The summed E-state index contributed by atoms with van der Waals surface area (Å²) in [5.41, 5.74) is 2.70. The summed E-state index contributed by atoms with van der Waals surface area (Å²) >= 11 is 15.0. The van der Waals surface area contributed by atoms with E-state index in [0.29, 0.717) is 56.0 Å². The maximum absolute atomic E-state index is 13.8. The van der Waals surface area contributed by atoms with Gasteiger partial charge in [-0.1, -0.05) is 102 Å². The molecule has 12 heteroatoms. The number of carbonyl (C=O) groups is 2. The molecule has 0 spiro atoms. The zero-order valence-electron chi connectivity index (χ0n) is 25.6. The van der Waals surface area contributed by atoms with Crippen molar-refractivity contribution in [2.45, 2.75) is 36.1 Å². The van der Waals surface area contributed by atoms with E-state index in [9.17, 15) is 14.7 Å². The van der Waals surface area contributed by atoms with Crippen molar-refractivity contribution in [3.63, 3.8) is 0 Å². The Bertz CT molecular complexity index is 1970. The topological polar surface area (TPSA) is 102 Å². The summed E-state index contributed by atoms with van der Waals surface area (Å²) in [6, 6.07) is 27.9. The highest BCUT2D eigenvalue weighted by Gasteiger charge is 2.48. The number of carbonyl (C=O) groups excluding carboxylic acids is 2. The minimum atomic E-state index is -1.00. The molecule has 0 aliphatic carbocycles. The van der Waals surface area contributed by atoms with Crippen LogP contribution in [0.25, 0.3) is 5.76 Å². The van der Waals surface area contributed by atoms with E-state index in [1.807, 2.05) is 43.3 Å². The number of nitrogens with zero attached hydrogens (tertiary/aromatic N) is 3. The lowest BCUT2D eigenvalue weighted by atomic mass is 9.95. The highest BCUT2D eigenvalue weighted by Crippen LogP contribution is 2.45. The van der Waals surface area contributed by atoms with Gasteiger partial charge in [0.25, 0.3) is 5.78 Å². The van der Waals surface area contributed by atoms with Crippen molar-refractivity contribution in [2.75, 3.05) is 11.5 Å². The summed E-state index contributed by atoms with van der Waals surface area (Å²) in [5.74, 6) is -0.313. The number of ether oxygens (including phenoxy) is 2. The second kappa shape index (κ2) is 15.3. The standard InChI is InChI=1S/C36H29Cl2N3O5S2/c1-2-17-45-27-15-12-23(13-16-27)32(42)30-31(24-9-6-10-28(18-24)46-20-22-7-4-3-5-8-22)41(34(44)33(30)43)35-39-40-36(48-35)47-21-25-11-14-26(37)19-29(25)38/h3-16,18-19,31,42H,2,17,20-21H2,1H3. The number of rotatable bonds is 12. The molecule has 48 heavy (non-hydrogen) atoms. The second-order valence-electron chi connectivity index (χ2n) is 10.8. The van der Waals surface area contributed by atoms with Crippen molar-refractivity contribution in [3.05, 3.63) is 135 Å². The van der Waals surface area contributed by atoms with Crippen LogP contribution in [-0.4, -0.2) is 33.6 Å². The van der Waals surface area contributed by atoms with Gasteiger partial charge in [-0.25, -0.2) is 0 Å². The Morgan fingerprint density at radius 1 is 0.917 bits per heavy atom. The van der Waals surface area contributed by atoms with Gasteiger partial charge in [0, 0.05) is 21.4 Å². The molecule has 1 aromatic heterocycles. The van der Waals surface area contributed by atoms with Crippen molar-refractivity contribution < 1.29 is 24.2 Å². The molecule has 0 radical (unpaired) electrons. The number of thioether (sulfide) groups is 1. The molecule has 1 fully saturated rings. The predicted molar refractivity (Wildman–Crippen MR) is 190 cm³/mol. The normalized spacial score (nSPS) is 15.6. The number of aliphatic hydroxyl groups is 1. The molecule has 1 aliphatic rings. The van der Waals surface area contributed by atoms with E-state index in [0.717, 1.165) is 17.5 Å². The van der Waals surface area contributed by atoms with Crippen molar-refractivity contribution in [3.8, 4) is 11.5 Å². The summed E-state index contributed by atoms with van der Waals surface area (Å²) < 4.78 is 12.3.